The molecule has 5 rings (SSSR count). The van der Waals surface area contributed by atoms with E-state index >= 15 is 0 Å². The van der Waals surface area contributed by atoms with E-state index in [0.29, 0.717) is 6.54 Å². The van der Waals surface area contributed by atoms with Crippen molar-refractivity contribution in [3.63, 3.8) is 0 Å². The van der Waals surface area contributed by atoms with Gasteiger partial charge in [-0.3, -0.25) is 9.97 Å². The largest absolute Gasteiger partial charge is 0.352 e. The molecule has 1 aliphatic rings. The fraction of sp³-hybridized carbons (Fsp3) is 0.192. The lowest BCUT2D eigenvalue weighted by atomic mass is 9.96. The maximum Gasteiger partial charge on any atom is 0.170 e. The molecule has 1 aromatic carbocycles. The number of hydrogen-bond donors (Lipinski definition) is 1. The Kier molecular flexibility index (Phi) is 5.87. The normalized spacial score (nSPS) is 17.9. The minimum Gasteiger partial charge on any atom is -0.352 e. The summed E-state index contributed by atoms with van der Waals surface area (Å²) in [6, 6.07) is 20.2. The Morgan fingerprint density at radius 1 is 1.03 bits per heavy atom. The smallest absolute Gasteiger partial charge is 0.170 e. The van der Waals surface area contributed by atoms with Crippen LogP contribution in [0.2, 0.25) is 5.02 Å². The zero-order chi connectivity index (χ0) is 22.9. The van der Waals surface area contributed by atoms with Gasteiger partial charge in [0.2, 0.25) is 0 Å². The van der Waals surface area contributed by atoms with Crippen molar-refractivity contribution in [3.05, 3.63) is 112 Å². The lowest BCUT2D eigenvalue weighted by molar-refractivity contribution is 0.310. The van der Waals surface area contributed by atoms with Gasteiger partial charge in [0.15, 0.2) is 5.11 Å². The molecule has 5 nitrogen and oxygen atoms in total. The van der Waals surface area contributed by atoms with Crippen LogP contribution in [0.4, 0.5) is 0 Å². The second-order valence-electron chi connectivity index (χ2n) is 8.25. The first-order valence-electron chi connectivity index (χ1n) is 10.8. The Morgan fingerprint density at radius 3 is 2.55 bits per heavy atom. The molecule has 1 saturated heterocycles. The predicted molar refractivity (Wildman–Crippen MR) is 135 cm³/mol. The fourth-order valence-corrected chi connectivity index (χ4v) is 5.11. The van der Waals surface area contributed by atoms with Crippen LogP contribution in [-0.2, 0) is 6.54 Å². The molecule has 0 bridgehead atoms. The van der Waals surface area contributed by atoms with E-state index in [-0.39, 0.29) is 12.1 Å². The Morgan fingerprint density at radius 2 is 1.85 bits per heavy atom. The summed E-state index contributed by atoms with van der Waals surface area (Å²) in [6.07, 6.45) is 5.51. The topological polar surface area (TPSA) is 46.0 Å². The third kappa shape index (κ3) is 4.12. The number of aryl methyl sites for hydroxylation is 1. The molecule has 0 spiro atoms. The number of rotatable bonds is 5. The summed E-state index contributed by atoms with van der Waals surface area (Å²) in [5, 5.41) is 4.98. The van der Waals surface area contributed by atoms with Crippen LogP contribution < -0.4 is 5.32 Å². The van der Waals surface area contributed by atoms with E-state index in [1.807, 2.05) is 54.9 Å². The van der Waals surface area contributed by atoms with E-state index in [0.717, 1.165) is 32.8 Å². The highest BCUT2D eigenvalue weighted by Crippen LogP contribution is 2.42. The molecule has 3 aromatic heterocycles. The molecule has 0 radical (unpaired) electrons. The standard InChI is InChI=1S/C26H24ClN5S/c1-17-14-22(18(2)32(17)21-10-8-20(27)9-11-21)25-24(23-7-3-4-13-29-23)30-26(33)31(25)16-19-6-5-12-28-15-19/h3-15,24-25H,16H2,1-2H3,(H,30,33)/t24-,25+/m1/s1. The van der Waals surface area contributed by atoms with E-state index in [1.165, 1.54) is 11.3 Å². The van der Waals surface area contributed by atoms with Crippen molar-refractivity contribution in [2.75, 3.05) is 0 Å². The van der Waals surface area contributed by atoms with Crippen LogP contribution in [0.5, 0.6) is 0 Å². The molecule has 0 amide bonds. The molecular formula is C26H24ClN5S. The highest BCUT2D eigenvalue weighted by atomic mass is 35.5. The molecular weight excluding hydrogens is 450 g/mol. The maximum absolute atomic E-state index is 6.14. The highest BCUT2D eigenvalue weighted by molar-refractivity contribution is 7.80. The first-order valence-corrected chi connectivity index (χ1v) is 11.6. The Balaban J connectivity index is 1.61. The first-order chi connectivity index (χ1) is 16.0. The van der Waals surface area contributed by atoms with Crippen molar-refractivity contribution in [2.45, 2.75) is 32.5 Å². The van der Waals surface area contributed by atoms with Gasteiger partial charge in [-0.15, -0.1) is 0 Å². The van der Waals surface area contributed by atoms with Crippen LogP contribution in [0.15, 0.2) is 79.3 Å². The van der Waals surface area contributed by atoms with Gasteiger partial charge in [-0.05, 0) is 85.7 Å². The first kappa shape index (κ1) is 21.6. The number of pyridine rings is 2. The summed E-state index contributed by atoms with van der Waals surface area (Å²) in [7, 11) is 0. The molecule has 0 saturated carbocycles. The number of aromatic nitrogens is 3. The number of benzene rings is 1. The van der Waals surface area contributed by atoms with Gasteiger partial charge >= 0.3 is 0 Å². The minimum atomic E-state index is -0.0606. The van der Waals surface area contributed by atoms with E-state index in [9.17, 15) is 0 Å². The molecule has 2 atom stereocenters. The number of nitrogens with one attached hydrogen (secondary N) is 1. The number of thiocarbonyl (C=S) groups is 1. The summed E-state index contributed by atoms with van der Waals surface area (Å²) >= 11 is 12.0. The van der Waals surface area contributed by atoms with Crippen LogP contribution in [0, 0.1) is 13.8 Å². The van der Waals surface area contributed by atoms with Gasteiger partial charge in [0.05, 0.1) is 17.8 Å². The predicted octanol–water partition coefficient (Wildman–Crippen LogP) is 5.71. The van der Waals surface area contributed by atoms with Crippen LogP contribution in [0.25, 0.3) is 5.69 Å². The molecule has 0 aliphatic carbocycles. The number of nitrogens with zero attached hydrogens (tertiary/aromatic N) is 4. The van der Waals surface area contributed by atoms with Crippen molar-refractivity contribution in [1.29, 1.82) is 0 Å². The average Bonchev–Trinajstić information content (AvgIpc) is 3.31. The van der Waals surface area contributed by atoms with Crippen molar-refractivity contribution < 1.29 is 0 Å². The second-order valence-corrected chi connectivity index (χ2v) is 9.08. The van der Waals surface area contributed by atoms with Crippen molar-refractivity contribution in [1.82, 2.24) is 24.8 Å². The molecule has 4 heterocycles. The molecule has 1 N–H and O–H groups in total. The van der Waals surface area contributed by atoms with Gasteiger partial charge in [0, 0.05) is 47.2 Å². The fourth-order valence-electron chi connectivity index (χ4n) is 4.68. The SMILES string of the molecule is Cc1cc([C@H]2[C@@H](c3ccccn3)NC(=S)N2Cc2cccnc2)c(C)n1-c1ccc(Cl)cc1. The third-order valence-corrected chi connectivity index (χ3v) is 6.75. The van der Waals surface area contributed by atoms with E-state index < -0.39 is 0 Å². The van der Waals surface area contributed by atoms with Gasteiger partial charge in [-0.25, -0.2) is 0 Å². The van der Waals surface area contributed by atoms with Crippen molar-refractivity contribution >= 4 is 28.9 Å². The molecule has 7 heteroatoms. The zero-order valence-electron chi connectivity index (χ0n) is 18.4. The summed E-state index contributed by atoms with van der Waals surface area (Å²) < 4.78 is 2.27. The van der Waals surface area contributed by atoms with Gasteiger partial charge in [-0.1, -0.05) is 23.7 Å². The van der Waals surface area contributed by atoms with E-state index in [1.54, 1.807) is 6.20 Å². The summed E-state index contributed by atoms with van der Waals surface area (Å²) in [6.45, 7) is 4.96. The van der Waals surface area contributed by atoms with Gasteiger partial charge in [0.1, 0.15) is 0 Å². The van der Waals surface area contributed by atoms with Crippen molar-refractivity contribution in [2.24, 2.45) is 0 Å². The second kappa shape index (κ2) is 8.96. The molecule has 1 aliphatic heterocycles. The van der Waals surface area contributed by atoms with Gasteiger partial charge in [0.25, 0.3) is 0 Å². The molecule has 166 valence electrons. The maximum atomic E-state index is 6.14. The van der Waals surface area contributed by atoms with E-state index in [2.05, 4.69) is 56.8 Å². The highest BCUT2D eigenvalue weighted by Gasteiger charge is 2.41. The Labute approximate surface area is 204 Å². The van der Waals surface area contributed by atoms with Gasteiger partial charge < -0.3 is 14.8 Å². The third-order valence-electron chi connectivity index (χ3n) is 6.15. The molecule has 1 fully saturated rings. The monoisotopic (exact) mass is 473 g/mol. The summed E-state index contributed by atoms with van der Waals surface area (Å²) in [4.78, 5) is 11.2. The summed E-state index contributed by atoms with van der Waals surface area (Å²) in [5.41, 5.74) is 6.71. The number of hydrogen-bond acceptors (Lipinski definition) is 3. The lowest BCUT2D eigenvalue weighted by Crippen LogP contribution is -2.29. The average molecular weight is 474 g/mol. The van der Waals surface area contributed by atoms with Crippen LogP contribution in [-0.4, -0.2) is 24.5 Å². The number of halogens is 1. The summed E-state index contributed by atoms with van der Waals surface area (Å²) in [5.74, 6) is 0. The molecule has 33 heavy (non-hydrogen) atoms. The van der Waals surface area contributed by atoms with E-state index in [4.69, 9.17) is 23.8 Å². The zero-order valence-corrected chi connectivity index (χ0v) is 20.0. The van der Waals surface area contributed by atoms with Crippen LogP contribution >= 0.6 is 23.8 Å². The Bertz CT molecular complexity index is 1270. The van der Waals surface area contributed by atoms with Gasteiger partial charge in [-0.2, -0.15) is 0 Å². The molecule has 4 aromatic rings. The quantitative estimate of drug-likeness (QED) is 0.376. The van der Waals surface area contributed by atoms with Crippen LogP contribution in [0.1, 0.15) is 40.3 Å². The van der Waals surface area contributed by atoms with Crippen LogP contribution in [0.3, 0.4) is 0 Å². The minimum absolute atomic E-state index is 0.0140. The lowest BCUT2D eigenvalue weighted by Gasteiger charge is -2.28. The van der Waals surface area contributed by atoms with Crippen molar-refractivity contribution in [3.8, 4) is 5.69 Å². The molecule has 0 unspecified atom stereocenters. The Hall–Kier alpha value is -3.22.